The standard InChI is InChI=1S/C10H14N2OS/c1-8-9(2)14-10(13)12(8)7-5-3-4-6-11/h3-5,7H2,1-2H3. The molecule has 0 aliphatic heterocycles. The minimum atomic E-state index is 0.122. The molecule has 1 aromatic heterocycles. The SMILES string of the molecule is Cc1sc(=O)n(CCCCC#N)c1C. The van der Waals surface area contributed by atoms with E-state index in [-0.39, 0.29) is 4.87 Å². The van der Waals surface area contributed by atoms with Crippen LogP contribution in [0.1, 0.15) is 29.8 Å². The van der Waals surface area contributed by atoms with Crippen molar-refractivity contribution in [3.05, 3.63) is 20.2 Å². The second kappa shape index (κ2) is 4.97. The predicted molar refractivity (Wildman–Crippen MR) is 57.5 cm³/mol. The molecule has 0 saturated carbocycles. The first-order chi connectivity index (χ1) is 6.66. The lowest BCUT2D eigenvalue weighted by Gasteiger charge is -2.02. The average Bonchev–Trinajstić information content (AvgIpc) is 2.38. The van der Waals surface area contributed by atoms with Crippen LogP contribution in [0.25, 0.3) is 0 Å². The van der Waals surface area contributed by atoms with Crippen LogP contribution in [0.4, 0.5) is 0 Å². The van der Waals surface area contributed by atoms with Crippen molar-refractivity contribution in [2.45, 2.75) is 39.7 Å². The fraction of sp³-hybridized carbons (Fsp3) is 0.600. The minimum absolute atomic E-state index is 0.122. The van der Waals surface area contributed by atoms with Crippen molar-refractivity contribution >= 4 is 11.3 Å². The van der Waals surface area contributed by atoms with Crippen molar-refractivity contribution < 1.29 is 0 Å². The molecular weight excluding hydrogens is 196 g/mol. The van der Waals surface area contributed by atoms with Gasteiger partial charge in [-0.15, -0.1) is 0 Å². The number of aryl methyl sites for hydroxylation is 1. The Labute approximate surface area is 87.6 Å². The van der Waals surface area contributed by atoms with Gasteiger partial charge in [0.05, 0.1) is 6.07 Å². The number of rotatable bonds is 4. The Hall–Kier alpha value is -1.08. The van der Waals surface area contributed by atoms with E-state index < -0.39 is 0 Å². The van der Waals surface area contributed by atoms with E-state index >= 15 is 0 Å². The topological polar surface area (TPSA) is 45.8 Å². The molecule has 0 fully saturated rings. The summed E-state index contributed by atoms with van der Waals surface area (Å²) in [5, 5.41) is 8.36. The summed E-state index contributed by atoms with van der Waals surface area (Å²) in [6.45, 7) is 4.68. The molecule has 1 rings (SSSR count). The molecule has 0 amide bonds. The first-order valence-electron chi connectivity index (χ1n) is 4.70. The summed E-state index contributed by atoms with van der Waals surface area (Å²) in [6.07, 6.45) is 2.36. The first kappa shape index (κ1) is 11.0. The number of unbranched alkanes of at least 4 members (excludes halogenated alkanes) is 2. The van der Waals surface area contributed by atoms with Crippen LogP contribution in [0, 0.1) is 25.2 Å². The van der Waals surface area contributed by atoms with Gasteiger partial charge < -0.3 is 4.57 Å². The molecule has 0 N–H and O–H groups in total. The number of hydrogen-bond donors (Lipinski definition) is 0. The van der Waals surface area contributed by atoms with Gasteiger partial charge in [-0.1, -0.05) is 11.3 Å². The van der Waals surface area contributed by atoms with Gasteiger partial charge in [0.15, 0.2) is 0 Å². The molecule has 0 spiro atoms. The van der Waals surface area contributed by atoms with E-state index in [2.05, 4.69) is 6.07 Å². The molecule has 0 radical (unpaired) electrons. The van der Waals surface area contributed by atoms with Crippen LogP contribution in [0.3, 0.4) is 0 Å². The number of hydrogen-bond acceptors (Lipinski definition) is 3. The second-order valence-corrected chi connectivity index (χ2v) is 4.44. The Bertz CT molecular complexity index is 397. The molecule has 0 unspecified atom stereocenters. The number of aromatic nitrogens is 1. The lowest BCUT2D eigenvalue weighted by molar-refractivity contribution is 0.596. The third kappa shape index (κ3) is 2.46. The van der Waals surface area contributed by atoms with Gasteiger partial charge in [-0.3, -0.25) is 4.79 Å². The predicted octanol–water partition coefficient (Wildman–Crippen LogP) is 2.22. The van der Waals surface area contributed by atoms with E-state index in [1.165, 1.54) is 11.3 Å². The summed E-state index contributed by atoms with van der Waals surface area (Å²) >= 11 is 1.30. The monoisotopic (exact) mass is 210 g/mol. The van der Waals surface area contributed by atoms with Gasteiger partial charge in [0.2, 0.25) is 0 Å². The maximum Gasteiger partial charge on any atom is 0.307 e. The molecule has 0 atom stereocenters. The van der Waals surface area contributed by atoms with Crippen molar-refractivity contribution in [3.8, 4) is 6.07 Å². The number of thiazole rings is 1. The third-order valence-electron chi connectivity index (χ3n) is 2.30. The first-order valence-corrected chi connectivity index (χ1v) is 5.52. The largest absolute Gasteiger partial charge is 0.307 e. The summed E-state index contributed by atoms with van der Waals surface area (Å²) in [6, 6.07) is 2.10. The highest BCUT2D eigenvalue weighted by atomic mass is 32.1. The highest BCUT2D eigenvalue weighted by Gasteiger charge is 2.05. The van der Waals surface area contributed by atoms with Gasteiger partial charge in [0.25, 0.3) is 0 Å². The molecule has 0 saturated heterocycles. The lowest BCUT2D eigenvalue weighted by atomic mass is 10.2. The molecule has 0 bridgehead atoms. The van der Waals surface area contributed by atoms with Crippen LogP contribution < -0.4 is 4.87 Å². The molecule has 14 heavy (non-hydrogen) atoms. The number of nitrogens with zero attached hydrogens (tertiary/aromatic N) is 2. The zero-order chi connectivity index (χ0) is 10.6. The molecule has 76 valence electrons. The van der Waals surface area contributed by atoms with Crippen LogP contribution in [0.2, 0.25) is 0 Å². The van der Waals surface area contributed by atoms with E-state index in [0.717, 1.165) is 30.0 Å². The molecule has 0 aliphatic carbocycles. The summed E-state index contributed by atoms with van der Waals surface area (Å²) in [7, 11) is 0. The van der Waals surface area contributed by atoms with Gasteiger partial charge in [0, 0.05) is 23.5 Å². The van der Waals surface area contributed by atoms with Gasteiger partial charge in [-0.05, 0) is 26.7 Å². The van der Waals surface area contributed by atoms with Crippen molar-refractivity contribution in [2.75, 3.05) is 0 Å². The second-order valence-electron chi connectivity index (χ2n) is 3.28. The molecule has 1 aromatic rings. The van der Waals surface area contributed by atoms with Crippen molar-refractivity contribution in [2.24, 2.45) is 0 Å². The number of nitriles is 1. The summed E-state index contributed by atoms with van der Waals surface area (Å²) in [4.78, 5) is 12.7. The van der Waals surface area contributed by atoms with E-state index in [9.17, 15) is 4.79 Å². The fourth-order valence-corrected chi connectivity index (χ4v) is 2.18. The van der Waals surface area contributed by atoms with Gasteiger partial charge in [-0.2, -0.15) is 5.26 Å². The molecule has 0 aliphatic rings. The van der Waals surface area contributed by atoms with Crippen LogP contribution in [0.15, 0.2) is 4.79 Å². The normalized spacial score (nSPS) is 10.1. The van der Waals surface area contributed by atoms with E-state index in [0.29, 0.717) is 6.42 Å². The van der Waals surface area contributed by atoms with Crippen molar-refractivity contribution in [1.82, 2.24) is 4.57 Å². The molecule has 0 aromatic carbocycles. The Morgan fingerprint density at radius 1 is 1.43 bits per heavy atom. The Morgan fingerprint density at radius 3 is 2.64 bits per heavy atom. The summed E-state index contributed by atoms with van der Waals surface area (Å²) < 4.78 is 1.80. The maximum absolute atomic E-state index is 11.4. The molecular formula is C10H14N2OS. The Balaban J connectivity index is 2.59. The van der Waals surface area contributed by atoms with Crippen LogP contribution in [0.5, 0.6) is 0 Å². The summed E-state index contributed by atoms with van der Waals surface area (Å²) in [5.74, 6) is 0. The average molecular weight is 210 g/mol. The lowest BCUT2D eigenvalue weighted by Crippen LogP contribution is -2.14. The van der Waals surface area contributed by atoms with Gasteiger partial charge in [-0.25, -0.2) is 0 Å². The van der Waals surface area contributed by atoms with E-state index in [1.54, 1.807) is 4.57 Å². The zero-order valence-electron chi connectivity index (χ0n) is 8.54. The van der Waals surface area contributed by atoms with E-state index in [4.69, 9.17) is 5.26 Å². The Morgan fingerprint density at radius 2 is 2.14 bits per heavy atom. The van der Waals surface area contributed by atoms with Crippen LogP contribution >= 0.6 is 11.3 Å². The van der Waals surface area contributed by atoms with Crippen LogP contribution in [-0.4, -0.2) is 4.57 Å². The fourth-order valence-electron chi connectivity index (χ4n) is 1.32. The van der Waals surface area contributed by atoms with Crippen molar-refractivity contribution in [1.29, 1.82) is 5.26 Å². The highest BCUT2D eigenvalue weighted by Crippen LogP contribution is 2.10. The molecule has 4 heteroatoms. The summed E-state index contributed by atoms with van der Waals surface area (Å²) in [5.41, 5.74) is 1.07. The molecule has 3 nitrogen and oxygen atoms in total. The Kier molecular flexibility index (Phi) is 3.90. The quantitative estimate of drug-likeness (QED) is 0.715. The molecule has 1 heterocycles. The highest BCUT2D eigenvalue weighted by molar-refractivity contribution is 7.09. The van der Waals surface area contributed by atoms with Crippen LogP contribution in [-0.2, 0) is 6.54 Å². The van der Waals surface area contributed by atoms with Crippen molar-refractivity contribution in [3.63, 3.8) is 0 Å². The zero-order valence-corrected chi connectivity index (χ0v) is 9.36. The third-order valence-corrected chi connectivity index (χ3v) is 3.29. The minimum Gasteiger partial charge on any atom is -0.303 e. The van der Waals surface area contributed by atoms with Gasteiger partial charge >= 0.3 is 4.87 Å². The maximum atomic E-state index is 11.4. The van der Waals surface area contributed by atoms with E-state index in [1.807, 2.05) is 13.8 Å². The smallest absolute Gasteiger partial charge is 0.303 e. The van der Waals surface area contributed by atoms with Gasteiger partial charge in [0.1, 0.15) is 0 Å².